The van der Waals surface area contributed by atoms with E-state index in [0.29, 0.717) is 26.9 Å². The van der Waals surface area contributed by atoms with Crippen LogP contribution in [0, 0.1) is 0 Å². The van der Waals surface area contributed by atoms with Crippen molar-refractivity contribution in [2.75, 3.05) is 0 Å². The van der Waals surface area contributed by atoms with Gasteiger partial charge in [0.2, 0.25) is 0 Å². The van der Waals surface area contributed by atoms with Crippen LogP contribution in [0.15, 0.2) is 88.8 Å². The Morgan fingerprint density at radius 2 is 1.61 bits per heavy atom. The molecular weight excluding hydrogens is 442 g/mol. The monoisotopic (exact) mass is 459 g/mol. The maximum atomic E-state index is 13.1. The molecule has 0 aliphatic heterocycles. The van der Waals surface area contributed by atoms with Gasteiger partial charge in [0.25, 0.3) is 17.4 Å². The summed E-state index contributed by atoms with van der Waals surface area (Å²) in [6, 6.07) is 20.9. The summed E-state index contributed by atoms with van der Waals surface area (Å²) in [4.78, 5) is 38.1. The van der Waals surface area contributed by atoms with Gasteiger partial charge >= 0.3 is 0 Å². The fourth-order valence-electron chi connectivity index (χ4n) is 3.23. The van der Waals surface area contributed by atoms with E-state index in [1.165, 1.54) is 6.21 Å². The molecule has 164 valence electrons. The second kappa shape index (κ2) is 9.88. The maximum absolute atomic E-state index is 13.1. The first-order chi connectivity index (χ1) is 16.0. The third-order valence-corrected chi connectivity index (χ3v) is 5.20. The van der Waals surface area contributed by atoms with E-state index in [9.17, 15) is 14.4 Å². The lowest BCUT2D eigenvalue weighted by Crippen LogP contribution is -2.40. The number of hydrogen-bond acceptors (Lipinski definition) is 5. The van der Waals surface area contributed by atoms with Gasteiger partial charge in [-0.3, -0.25) is 14.4 Å². The highest BCUT2D eigenvalue weighted by Crippen LogP contribution is 2.20. The molecular formula is C24H18ClN5O3. The van der Waals surface area contributed by atoms with Crippen molar-refractivity contribution in [3.05, 3.63) is 111 Å². The molecule has 2 amide bonds. The van der Waals surface area contributed by atoms with Crippen LogP contribution in [0.2, 0.25) is 5.02 Å². The van der Waals surface area contributed by atoms with E-state index in [1.807, 2.05) is 0 Å². The lowest BCUT2D eigenvalue weighted by atomic mass is 10.0. The van der Waals surface area contributed by atoms with Crippen LogP contribution in [0.4, 0.5) is 0 Å². The molecule has 0 bridgehead atoms. The molecule has 0 saturated heterocycles. The highest BCUT2D eigenvalue weighted by atomic mass is 35.5. The van der Waals surface area contributed by atoms with E-state index in [-0.39, 0.29) is 5.69 Å². The molecule has 0 fully saturated rings. The Kier molecular flexibility index (Phi) is 6.56. The van der Waals surface area contributed by atoms with Crippen molar-refractivity contribution in [1.82, 2.24) is 20.9 Å². The molecule has 8 nitrogen and oxygen atoms in total. The van der Waals surface area contributed by atoms with Gasteiger partial charge in [-0.1, -0.05) is 66.2 Å². The molecule has 0 radical (unpaired) electrons. The second-order valence-electron chi connectivity index (χ2n) is 7.01. The van der Waals surface area contributed by atoms with Crippen LogP contribution in [0.5, 0.6) is 0 Å². The van der Waals surface area contributed by atoms with Crippen molar-refractivity contribution >= 4 is 40.4 Å². The number of hydrogen-bond donors (Lipinski definition) is 3. The normalized spacial score (nSPS) is 11.9. The van der Waals surface area contributed by atoms with E-state index >= 15 is 0 Å². The number of H-pyrrole nitrogens is 1. The zero-order valence-corrected chi connectivity index (χ0v) is 17.9. The zero-order valence-electron chi connectivity index (χ0n) is 17.2. The van der Waals surface area contributed by atoms with Gasteiger partial charge in [-0.2, -0.15) is 10.2 Å². The Morgan fingerprint density at radius 3 is 2.36 bits per heavy atom. The number of benzene rings is 3. The summed E-state index contributed by atoms with van der Waals surface area (Å²) in [6.07, 6.45) is 1.40. The number of aromatic nitrogens is 2. The van der Waals surface area contributed by atoms with Gasteiger partial charge in [-0.15, -0.1) is 0 Å². The van der Waals surface area contributed by atoms with Gasteiger partial charge in [0.05, 0.1) is 11.6 Å². The molecule has 3 aromatic carbocycles. The van der Waals surface area contributed by atoms with Crippen molar-refractivity contribution in [2.45, 2.75) is 6.04 Å². The number of carbonyl (C=O) groups is 2. The van der Waals surface area contributed by atoms with Crippen LogP contribution in [0.3, 0.4) is 0 Å². The first-order valence-electron chi connectivity index (χ1n) is 9.95. The highest BCUT2D eigenvalue weighted by molar-refractivity contribution is 6.33. The summed E-state index contributed by atoms with van der Waals surface area (Å²) in [5.41, 5.74) is 3.17. The van der Waals surface area contributed by atoms with Crippen molar-refractivity contribution in [2.24, 2.45) is 5.10 Å². The van der Waals surface area contributed by atoms with E-state index in [4.69, 9.17) is 11.6 Å². The number of nitrogens with zero attached hydrogens (tertiary/aromatic N) is 2. The number of halogens is 1. The number of rotatable bonds is 6. The molecule has 1 aromatic heterocycles. The summed E-state index contributed by atoms with van der Waals surface area (Å²) in [5, 5.41) is 14.4. The van der Waals surface area contributed by atoms with Gasteiger partial charge in [-0.05, 0) is 24.3 Å². The molecule has 0 aliphatic rings. The van der Waals surface area contributed by atoms with Crippen LogP contribution >= 0.6 is 11.6 Å². The van der Waals surface area contributed by atoms with Crippen LogP contribution in [0.1, 0.15) is 27.7 Å². The van der Waals surface area contributed by atoms with Crippen LogP contribution in [-0.4, -0.2) is 28.2 Å². The quantitative estimate of drug-likeness (QED) is 0.303. The van der Waals surface area contributed by atoms with Gasteiger partial charge in [0.15, 0.2) is 6.04 Å². The average molecular weight is 460 g/mol. The first kappa shape index (κ1) is 21.9. The molecule has 4 rings (SSSR count). The van der Waals surface area contributed by atoms with Crippen LogP contribution < -0.4 is 16.3 Å². The van der Waals surface area contributed by atoms with Crippen LogP contribution in [0.25, 0.3) is 10.8 Å². The van der Waals surface area contributed by atoms with E-state index in [1.54, 1.807) is 78.9 Å². The Hall–Kier alpha value is -4.30. The molecule has 0 aliphatic carbocycles. The average Bonchev–Trinajstić information content (AvgIpc) is 2.85. The number of nitrogens with one attached hydrogen (secondary N) is 3. The predicted octanol–water partition coefficient (Wildman–Crippen LogP) is 3.20. The van der Waals surface area contributed by atoms with Crippen LogP contribution in [-0.2, 0) is 4.79 Å². The summed E-state index contributed by atoms with van der Waals surface area (Å²) in [7, 11) is 0. The first-order valence-corrected chi connectivity index (χ1v) is 10.3. The molecule has 3 N–H and O–H groups in total. The molecule has 0 spiro atoms. The smallest absolute Gasteiger partial charge is 0.272 e. The highest BCUT2D eigenvalue weighted by Gasteiger charge is 2.27. The molecule has 0 unspecified atom stereocenters. The molecule has 4 aromatic rings. The zero-order chi connectivity index (χ0) is 23.2. The van der Waals surface area contributed by atoms with E-state index < -0.39 is 23.4 Å². The fourth-order valence-corrected chi connectivity index (χ4v) is 3.41. The molecule has 9 heteroatoms. The van der Waals surface area contributed by atoms with Crippen molar-refractivity contribution < 1.29 is 9.59 Å². The topological polar surface area (TPSA) is 116 Å². The molecule has 33 heavy (non-hydrogen) atoms. The Morgan fingerprint density at radius 1 is 0.939 bits per heavy atom. The Balaban J connectivity index is 1.68. The van der Waals surface area contributed by atoms with Crippen molar-refractivity contribution in [3.8, 4) is 0 Å². The predicted molar refractivity (Wildman–Crippen MR) is 126 cm³/mol. The second-order valence-corrected chi connectivity index (χ2v) is 7.42. The van der Waals surface area contributed by atoms with Crippen molar-refractivity contribution in [1.29, 1.82) is 0 Å². The number of carbonyl (C=O) groups excluding carboxylic acids is 2. The number of aromatic amines is 1. The summed E-state index contributed by atoms with van der Waals surface area (Å²) >= 11 is 6.11. The molecule has 1 heterocycles. The summed E-state index contributed by atoms with van der Waals surface area (Å²) in [5.74, 6) is -1.13. The Labute approximate surface area is 193 Å². The number of fused-ring (bicyclic) bond motifs is 1. The lowest BCUT2D eigenvalue weighted by Gasteiger charge is -2.18. The standard InChI is InChI=1S/C24H18ClN5O3/c25-19-13-7-4-10-16(19)14-26-29-24(33)21(27-22(31)15-8-2-1-3-9-15)20-17-11-5-6-12-18(17)23(32)30-28-20/h1-14,21H,(H,27,31)(H,29,33)(H,30,32)/b26-14-/t21-/m1/s1. The molecule has 0 saturated carbocycles. The Bertz CT molecular complexity index is 1400. The number of hydrazone groups is 1. The minimum Gasteiger partial charge on any atom is -0.335 e. The minimum atomic E-state index is -1.23. The largest absolute Gasteiger partial charge is 0.335 e. The number of amides is 2. The fraction of sp³-hybridized carbons (Fsp3) is 0.0417. The SMILES string of the molecule is O=C(N[C@@H](C(=O)N/N=C\c1ccccc1Cl)c1n[nH]c(=O)c2ccccc12)c1ccccc1. The minimum absolute atomic E-state index is 0.180. The third-order valence-electron chi connectivity index (χ3n) is 4.86. The summed E-state index contributed by atoms with van der Waals surface area (Å²) < 4.78 is 0. The lowest BCUT2D eigenvalue weighted by molar-refractivity contribution is -0.123. The van der Waals surface area contributed by atoms with Crippen molar-refractivity contribution in [3.63, 3.8) is 0 Å². The van der Waals surface area contributed by atoms with Gasteiger partial charge in [0, 0.05) is 21.5 Å². The van der Waals surface area contributed by atoms with Gasteiger partial charge < -0.3 is 5.32 Å². The maximum Gasteiger partial charge on any atom is 0.272 e. The molecule has 1 atom stereocenters. The van der Waals surface area contributed by atoms with E-state index in [0.717, 1.165) is 0 Å². The van der Waals surface area contributed by atoms with Gasteiger partial charge in [0.1, 0.15) is 5.69 Å². The van der Waals surface area contributed by atoms with E-state index in [2.05, 4.69) is 26.0 Å². The van der Waals surface area contributed by atoms with Gasteiger partial charge in [-0.25, -0.2) is 10.5 Å². The summed E-state index contributed by atoms with van der Waals surface area (Å²) in [6.45, 7) is 0. The third kappa shape index (κ3) is 4.97.